The lowest BCUT2D eigenvalue weighted by atomic mass is 10.1. The second-order valence-corrected chi connectivity index (χ2v) is 15.0. The maximum Gasteiger partial charge on any atom is 0.326 e. The van der Waals surface area contributed by atoms with Crippen LogP contribution in [0.4, 0.5) is 0 Å². The van der Waals surface area contributed by atoms with E-state index in [9.17, 15) is 63.3 Å². The molecular weight excluding hydrogens is 768 g/mol. The number of aliphatic carboxylic acids is 3. The van der Waals surface area contributed by atoms with Gasteiger partial charge < -0.3 is 61.7 Å². The van der Waals surface area contributed by atoms with Crippen LogP contribution in [0.1, 0.15) is 84.0 Å². The number of nitrogens with one attached hydrogen (secondary N) is 5. The molecule has 4 fully saturated rings. The molecule has 0 unspecified atom stereocenters. The molecule has 0 radical (unpaired) electrons. The van der Waals surface area contributed by atoms with E-state index >= 15 is 0 Å². The monoisotopic (exact) mass is 822 g/mol. The fraction of sp³-hybridized carbons (Fsp3) is 0.722. The van der Waals surface area contributed by atoms with Crippen molar-refractivity contribution < 1.29 is 68.4 Å². The Kier molecular flexibility index (Phi) is 16.3. The summed E-state index contributed by atoms with van der Waals surface area (Å²) in [5.74, 6) is -8.64. The summed E-state index contributed by atoms with van der Waals surface area (Å²) in [4.78, 5) is 131. The van der Waals surface area contributed by atoms with Crippen molar-refractivity contribution in [1.82, 2.24) is 41.3 Å². The van der Waals surface area contributed by atoms with Crippen molar-refractivity contribution in [3.63, 3.8) is 0 Å². The van der Waals surface area contributed by atoms with Crippen molar-refractivity contribution >= 4 is 59.3 Å². The maximum atomic E-state index is 13.8. The number of aliphatic hydroxyl groups is 1. The Morgan fingerprint density at radius 1 is 0.603 bits per heavy atom. The second kappa shape index (κ2) is 20.9. The number of carboxylic acid groups (broad SMARTS) is 3. The standard InChI is InChI=1S/C36H54N8O14/c1-19(33(54)44-17-5-9-26(44)35(56)43-16-4-8-25(43)31(52)40-22(36(57)58)11-13-28(48)49)38-30(51)23(18-45)41-32(53)24-7-3-15-42(24)34(55)21(10-12-27(46)47)39-29(50)20-6-2-14-37-20/h19-26,37,45H,2-18H2,1H3,(H,38,51)(H,39,50)(H,40,52)(H,41,53)(H,46,47)(H,48,49)(H,57,58)/t19-,20-,21-,22-,23-,24-,25-,26-/m0/s1. The summed E-state index contributed by atoms with van der Waals surface area (Å²) in [5, 5.41) is 50.6. The van der Waals surface area contributed by atoms with E-state index < -0.39 is 127 Å². The van der Waals surface area contributed by atoms with E-state index in [2.05, 4.69) is 26.6 Å². The van der Waals surface area contributed by atoms with Gasteiger partial charge in [-0.3, -0.25) is 43.2 Å². The molecule has 0 aromatic rings. The highest BCUT2D eigenvalue weighted by Crippen LogP contribution is 2.26. The minimum atomic E-state index is -1.55. The molecule has 0 saturated carbocycles. The van der Waals surface area contributed by atoms with Gasteiger partial charge in [-0.25, -0.2) is 4.79 Å². The number of nitrogens with zero attached hydrogens (tertiary/aromatic N) is 3. The van der Waals surface area contributed by atoms with Gasteiger partial charge in [-0.15, -0.1) is 0 Å². The van der Waals surface area contributed by atoms with Gasteiger partial charge in [-0.05, 0) is 77.7 Å². The minimum Gasteiger partial charge on any atom is -0.481 e. The number of hydrogen-bond donors (Lipinski definition) is 9. The number of amides is 7. The highest BCUT2D eigenvalue weighted by molar-refractivity contribution is 5.98. The molecule has 4 rings (SSSR count). The molecule has 4 aliphatic rings. The molecule has 7 amide bonds. The Morgan fingerprint density at radius 2 is 1.10 bits per heavy atom. The van der Waals surface area contributed by atoms with Crippen LogP contribution in [0.5, 0.6) is 0 Å². The van der Waals surface area contributed by atoms with Crippen molar-refractivity contribution in [2.24, 2.45) is 0 Å². The number of likely N-dealkylation sites (tertiary alicyclic amines) is 3. The molecule has 4 heterocycles. The first-order valence-electron chi connectivity index (χ1n) is 19.7. The first kappa shape index (κ1) is 45.3. The predicted molar refractivity (Wildman–Crippen MR) is 197 cm³/mol. The van der Waals surface area contributed by atoms with Gasteiger partial charge in [0.15, 0.2) is 0 Å². The summed E-state index contributed by atoms with van der Waals surface area (Å²) in [6.45, 7) is 1.52. The van der Waals surface area contributed by atoms with E-state index in [4.69, 9.17) is 5.11 Å². The Hall–Kier alpha value is -5.38. The van der Waals surface area contributed by atoms with Crippen LogP contribution in [0, 0.1) is 0 Å². The fourth-order valence-corrected chi connectivity index (χ4v) is 7.87. The van der Waals surface area contributed by atoms with Crippen LogP contribution in [0.15, 0.2) is 0 Å². The zero-order valence-corrected chi connectivity index (χ0v) is 32.4. The smallest absolute Gasteiger partial charge is 0.326 e. The normalized spacial score (nSPS) is 23.7. The zero-order chi connectivity index (χ0) is 42.7. The molecule has 0 aliphatic carbocycles. The number of carbonyl (C=O) groups is 10. The third-order valence-corrected chi connectivity index (χ3v) is 10.9. The molecule has 322 valence electrons. The van der Waals surface area contributed by atoms with Gasteiger partial charge >= 0.3 is 17.9 Å². The summed E-state index contributed by atoms with van der Waals surface area (Å²) in [6.07, 6.45) is 1.70. The lowest BCUT2D eigenvalue weighted by molar-refractivity contribution is -0.149. The summed E-state index contributed by atoms with van der Waals surface area (Å²) in [6, 6.07) is -9.19. The predicted octanol–water partition coefficient (Wildman–Crippen LogP) is -3.52. The molecule has 58 heavy (non-hydrogen) atoms. The van der Waals surface area contributed by atoms with Crippen molar-refractivity contribution in [3.8, 4) is 0 Å². The van der Waals surface area contributed by atoms with E-state index in [1.165, 1.54) is 21.6 Å². The van der Waals surface area contributed by atoms with Gasteiger partial charge in [-0.1, -0.05) is 0 Å². The molecule has 22 heteroatoms. The number of carboxylic acids is 3. The van der Waals surface area contributed by atoms with Gasteiger partial charge in [0.1, 0.15) is 42.3 Å². The molecule has 9 N–H and O–H groups in total. The summed E-state index contributed by atoms with van der Waals surface area (Å²) in [7, 11) is 0. The first-order chi connectivity index (χ1) is 27.5. The van der Waals surface area contributed by atoms with Crippen LogP contribution in [0.25, 0.3) is 0 Å². The van der Waals surface area contributed by atoms with E-state index in [-0.39, 0.29) is 51.7 Å². The average Bonchev–Trinajstić information content (AvgIpc) is 4.03. The van der Waals surface area contributed by atoms with E-state index in [0.29, 0.717) is 32.2 Å². The number of aliphatic hydroxyl groups excluding tert-OH is 1. The van der Waals surface area contributed by atoms with Crippen molar-refractivity contribution in [3.05, 3.63) is 0 Å². The number of hydrogen-bond acceptors (Lipinski definition) is 12. The largest absolute Gasteiger partial charge is 0.481 e. The van der Waals surface area contributed by atoms with Gasteiger partial charge in [0.2, 0.25) is 41.4 Å². The molecule has 4 saturated heterocycles. The quantitative estimate of drug-likeness (QED) is 0.0610. The lowest BCUT2D eigenvalue weighted by Crippen LogP contribution is -2.60. The second-order valence-electron chi connectivity index (χ2n) is 15.0. The van der Waals surface area contributed by atoms with Gasteiger partial charge in [0.25, 0.3) is 0 Å². The molecule has 0 bridgehead atoms. The number of rotatable bonds is 19. The molecule has 8 atom stereocenters. The molecule has 22 nitrogen and oxygen atoms in total. The lowest BCUT2D eigenvalue weighted by Gasteiger charge is -2.33. The van der Waals surface area contributed by atoms with Crippen LogP contribution in [-0.2, 0) is 47.9 Å². The van der Waals surface area contributed by atoms with Crippen LogP contribution >= 0.6 is 0 Å². The SMILES string of the molecule is C[C@H](NC(=O)[C@H](CO)NC(=O)[C@@H]1CCCN1C(=O)[C@H](CCC(=O)O)NC(=O)[C@@H]1CCCN1)C(=O)N1CCC[C@H]1C(=O)N1CCC[C@H]1C(=O)N[C@@H](CCC(=O)O)C(=O)O. The summed E-state index contributed by atoms with van der Waals surface area (Å²) in [5.41, 5.74) is 0. The Labute approximate surface area is 333 Å². The van der Waals surface area contributed by atoms with E-state index in [1.807, 2.05) is 0 Å². The Bertz CT molecular complexity index is 1600. The van der Waals surface area contributed by atoms with Gasteiger partial charge in [0.05, 0.1) is 12.6 Å². The third-order valence-electron chi connectivity index (χ3n) is 10.9. The summed E-state index contributed by atoms with van der Waals surface area (Å²) >= 11 is 0. The van der Waals surface area contributed by atoms with Crippen molar-refractivity contribution in [2.75, 3.05) is 32.8 Å². The molecule has 4 aliphatic heterocycles. The highest BCUT2D eigenvalue weighted by atomic mass is 16.4. The highest BCUT2D eigenvalue weighted by Gasteiger charge is 2.44. The fourth-order valence-electron chi connectivity index (χ4n) is 7.87. The van der Waals surface area contributed by atoms with Crippen molar-refractivity contribution in [2.45, 2.75) is 132 Å². The minimum absolute atomic E-state index is 0.119. The topological polar surface area (TPSA) is 321 Å². The molecular formula is C36H54N8O14. The first-order valence-corrected chi connectivity index (χ1v) is 19.7. The van der Waals surface area contributed by atoms with E-state index in [0.717, 1.165) is 6.42 Å². The average molecular weight is 823 g/mol. The molecule has 0 spiro atoms. The molecule has 0 aromatic heterocycles. The Balaban J connectivity index is 1.35. The van der Waals surface area contributed by atoms with Gasteiger partial charge in [0, 0.05) is 32.5 Å². The van der Waals surface area contributed by atoms with Crippen LogP contribution in [0.2, 0.25) is 0 Å². The maximum absolute atomic E-state index is 13.8. The number of carbonyl (C=O) groups excluding carboxylic acids is 7. The zero-order valence-electron chi connectivity index (χ0n) is 32.4. The van der Waals surface area contributed by atoms with Crippen LogP contribution in [-0.4, -0.2) is 176 Å². The van der Waals surface area contributed by atoms with Crippen LogP contribution < -0.4 is 26.6 Å². The molecule has 0 aromatic carbocycles. The van der Waals surface area contributed by atoms with Crippen molar-refractivity contribution in [1.29, 1.82) is 0 Å². The third kappa shape index (κ3) is 11.6. The summed E-state index contributed by atoms with van der Waals surface area (Å²) < 4.78 is 0. The van der Waals surface area contributed by atoms with Crippen LogP contribution in [0.3, 0.4) is 0 Å². The van der Waals surface area contributed by atoms with E-state index in [1.54, 1.807) is 0 Å². The van der Waals surface area contributed by atoms with Gasteiger partial charge in [-0.2, -0.15) is 0 Å². The Morgan fingerprint density at radius 3 is 1.64 bits per heavy atom.